The summed E-state index contributed by atoms with van der Waals surface area (Å²) in [4.78, 5) is 14.3. The van der Waals surface area contributed by atoms with E-state index in [2.05, 4.69) is 43.1 Å². The molecule has 0 spiro atoms. The largest absolute Gasteiger partial charge is 0.419 e. The number of benzene rings is 2. The Labute approximate surface area is 166 Å². The molecule has 5 nitrogen and oxygen atoms in total. The number of rotatable bonds is 4. The Kier molecular flexibility index (Phi) is 5.36. The minimum absolute atomic E-state index is 0.0632. The van der Waals surface area contributed by atoms with Crippen molar-refractivity contribution in [2.45, 2.75) is 46.6 Å². The molecule has 5 heteroatoms. The summed E-state index contributed by atoms with van der Waals surface area (Å²) >= 11 is 0. The van der Waals surface area contributed by atoms with Gasteiger partial charge in [0.05, 0.1) is 6.54 Å². The minimum atomic E-state index is -0.0632. The lowest BCUT2D eigenvalue weighted by atomic mass is 9.87. The molecule has 0 radical (unpaired) electrons. The van der Waals surface area contributed by atoms with Crippen LogP contribution in [0.25, 0.3) is 11.5 Å². The van der Waals surface area contributed by atoms with E-state index in [9.17, 15) is 4.79 Å². The Balaban J connectivity index is 1.72. The van der Waals surface area contributed by atoms with Gasteiger partial charge in [-0.25, -0.2) is 0 Å². The van der Waals surface area contributed by atoms with Gasteiger partial charge in [0, 0.05) is 18.2 Å². The Morgan fingerprint density at radius 3 is 2.32 bits per heavy atom. The summed E-state index contributed by atoms with van der Waals surface area (Å²) in [5, 5.41) is 8.24. The molecule has 0 N–H and O–H groups in total. The van der Waals surface area contributed by atoms with Gasteiger partial charge in [0.2, 0.25) is 11.8 Å². The molecule has 0 atom stereocenters. The van der Waals surface area contributed by atoms with Crippen molar-refractivity contribution in [1.29, 1.82) is 0 Å². The molecule has 0 bridgehead atoms. The summed E-state index contributed by atoms with van der Waals surface area (Å²) in [6, 6.07) is 13.9. The van der Waals surface area contributed by atoms with Gasteiger partial charge in [0.1, 0.15) is 0 Å². The fourth-order valence-corrected chi connectivity index (χ4v) is 3.08. The van der Waals surface area contributed by atoms with Crippen molar-refractivity contribution in [2.75, 3.05) is 7.05 Å². The first-order chi connectivity index (χ1) is 13.1. The number of amides is 1. The third-order valence-corrected chi connectivity index (χ3v) is 4.80. The molecule has 3 aromatic rings. The van der Waals surface area contributed by atoms with E-state index < -0.39 is 0 Å². The molecule has 1 aromatic heterocycles. The molecule has 28 heavy (non-hydrogen) atoms. The second-order valence-corrected chi connectivity index (χ2v) is 8.31. The second-order valence-electron chi connectivity index (χ2n) is 8.31. The Morgan fingerprint density at radius 1 is 1.04 bits per heavy atom. The van der Waals surface area contributed by atoms with Crippen LogP contribution in [0.1, 0.15) is 53.7 Å². The number of hydrogen-bond acceptors (Lipinski definition) is 4. The summed E-state index contributed by atoms with van der Waals surface area (Å²) in [5.41, 5.74) is 4.99. The summed E-state index contributed by atoms with van der Waals surface area (Å²) < 4.78 is 5.79. The third kappa shape index (κ3) is 4.30. The first-order valence-electron chi connectivity index (χ1n) is 9.41. The van der Waals surface area contributed by atoms with Crippen molar-refractivity contribution in [1.82, 2.24) is 15.1 Å². The molecular weight excluding hydrogens is 350 g/mol. The minimum Gasteiger partial charge on any atom is -0.419 e. The lowest BCUT2D eigenvalue weighted by Gasteiger charge is -2.18. The molecule has 0 fully saturated rings. The zero-order valence-electron chi connectivity index (χ0n) is 17.4. The van der Waals surface area contributed by atoms with Gasteiger partial charge >= 0.3 is 0 Å². The van der Waals surface area contributed by atoms with E-state index >= 15 is 0 Å². The van der Waals surface area contributed by atoms with Crippen LogP contribution in [0.15, 0.2) is 46.9 Å². The van der Waals surface area contributed by atoms with E-state index in [1.807, 2.05) is 44.2 Å². The number of carbonyl (C=O) groups excluding carboxylic acids is 1. The summed E-state index contributed by atoms with van der Waals surface area (Å²) in [6.45, 7) is 10.7. The van der Waals surface area contributed by atoms with Crippen LogP contribution in [0.4, 0.5) is 0 Å². The van der Waals surface area contributed by atoms with Crippen molar-refractivity contribution in [3.05, 3.63) is 70.6 Å². The quantitative estimate of drug-likeness (QED) is 0.647. The van der Waals surface area contributed by atoms with E-state index in [0.29, 0.717) is 17.3 Å². The van der Waals surface area contributed by atoms with Gasteiger partial charge in [-0.05, 0) is 48.6 Å². The van der Waals surface area contributed by atoms with Crippen LogP contribution in [-0.4, -0.2) is 28.1 Å². The zero-order valence-corrected chi connectivity index (χ0v) is 17.4. The van der Waals surface area contributed by atoms with Crippen LogP contribution >= 0.6 is 0 Å². The van der Waals surface area contributed by atoms with Crippen LogP contribution in [0.2, 0.25) is 0 Å². The Hall–Kier alpha value is -2.95. The highest BCUT2D eigenvalue weighted by molar-refractivity contribution is 5.95. The van der Waals surface area contributed by atoms with Crippen molar-refractivity contribution < 1.29 is 9.21 Å². The molecule has 0 aliphatic carbocycles. The van der Waals surface area contributed by atoms with Gasteiger partial charge in [0.15, 0.2) is 0 Å². The van der Waals surface area contributed by atoms with Crippen molar-refractivity contribution >= 4 is 5.91 Å². The fourth-order valence-electron chi connectivity index (χ4n) is 3.08. The summed E-state index contributed by atoms with van der Waals surface area (Å²) in [6.07, 6.45) is 0. The zero-order chi connectivity index (χ0) is 20.5. The second kappa shape index (κ2) is 7.58. The van der Waals surface area contributed by atoms with Crippen LogP contribution in [0.3, 0.4) is 0 Å². The van der Waals surface area contributed by atoms with Gasteiger partial charge < -0.3 is 9.32 Å². The van der Waals surface area contributed by atoms with Crippen LogP contribution in [-0.2, 0) is 12.0 Å². The highest BCUT2D eigenvalue weighted by Crippen LogP contribution is 2.25. The molecule has 0 aliphatic rings. The molecule has 146 valence electrons. The predicted octanol–water partition coefficient (Wildman–Crippen LogP) is 4.92. The van der Waals surface area contributed by atoms with Gasteiger partial charge in [0.25, 0.3) is 5.91 Å². The maximum Gasteiger partial charge on any atom is 0.254 e. The van der Waals surface area contributed by atoms with Gasteiger partial charge in [-0.3, -0.25) is 4.79 Å². The van der Waals surface area contributed by atoms with Crippen molar-refractivity contribution in [3.63, 3.8) is 0 Å². The number of carbonyl (C=O) groups is 1. The third-order valence-electron chi connectivity index (χ3n) is 4.80. The SMILES string of the molecule is Cc1ccc(C(=O)N(C)Cc2nnc(-c3ccc(C(C)(C)C)cc3)o2)c(C)c1. The number of aromatic nitrogens is 2. The first-order valence-corrected chi connectivity index (χ1v) is 9.41. The van der Waals surface area contributed by atoms with Gasteiger partial charge in [-0.2, -0.15) is 0 Å². The highest BCUT2D eigenvalue weighted by atomic mass is 16.4. The fraction of sp³-hybridized carbons (Fsp3) is 0.348. The monoisotopic (exact) mass is 377 g/mol. The number of hydrogen-bond donors (Lipinski definition) is 0. The van der Waals surface area contributed by atoms with E-state index in [0.717, 1.165) is 16.7 Å². The normalized spacial score (nSPS) is 11.5. The molecule has 3 rings (SSSR count). The van der Waals surface area contributed by atoms with Crippen LogP contribution < -0.4 is 0 Å². The van der Waals surface area contributed by atoms with Crippen LogP contribution in [0.5, 0.6) is 0 Å². The van der Waals surface area contributed by atoms with E-state index in [-0.39, 0.29) is 17.9 Å². The first kappa shape index (κ1) is 19.8. The van der Waals surface area contributed by atoms with Crippen molar-refractivity contribution in [2.24, 2.45) is 0 Å². The smallest absolute Gasteiger partial charge is 0.254 e. The molecule has 2 aromatic carbocycles. The molecule has 0 unspecified atom stereocenters. The highest BCUT2D eigenvalue weighted by Gasteiger charge is 2.18. The van der Waals surface area contributed by atoms with E-state index in [1.54, 1.807) is 11.9 Å². The number of nitrogens with zero attached hydrogens (tertiary/aromatic N) is 3. The van der Waals surface area contributed by atoms with Crippen LogP contribution in [0, 0.1) is 13.8 Å². The molecule has 0 saturated heterocycles. The van der Waals surface area contributed by atoms with E-state index in [4.69, 9.17) is 4.42 Å². The molecular formula is C23H27N3O2. The summed E-state index contributed by atoms with van der Waals surface area (Å²) in [7, 11) is 1.74. The number of aryl methyl sites for hydroxylation is 2. The molecule has 1 heterocycles. The van der Waals surface area contributed by atoms with Crippen molar-refractivity contribution in [3.8, 4) is 11.5 Å². The Morgan fingerprint density at radius 2 is 1.71 bits per heavy atom. The maximum atomic E-state index is 12.7. The maximum absolute atomic E-state index is 12.7. The Bertz CT molecular complexity index is 982. The topological polar surface area (TPSA) is 59.2 Å². The van der Waals surface area contributed by atoms with Gasteiger partial charge in [-0.15, -0.1) is 10.2 Å². The standard InChI is InChI=1S/C23H27N3O2/c1-15-7-12-19(16(2)13-15)22(27)26(6)14-20-24-25-21(28-20)17-8-10-18(11-9-17)23(3,4)5/h7-13H,14H2,1-6H3. The van der Waals surface area contributed by atoms with Gasteiger partial charge in [-0.1, -0.05) is 50.6 Å². The molecule has 0 saturated carbocycles. The summed E-state index contributed by atoms with van der Waals surface area (Å²) in [5.74, 6) is 0.810. The van der Waals surface area contributed by atoms with E-state index in [1.165, 1.54) is 5.56 Å². The predicted molar refractivity (Wildman–Crippen MR) is 110 cm³/mol. The average molecular weight is 377 g/mol. The average Bonchev–Trinajstić information content (AvgIpc) is 3.09. The lowest BCUT2D eigenvalue weighted by Crippen LogP contribution is -2.27. The lowest BCUT2D eigenvalue weighted by molar-refractivity contribution is 0.0772. The molecule has 1 amide bonds. The molecule has 0 aliphatic heterocycles.